The summed E-state index contributed by atoms with van der Waals surface area (Å²) in [6.45, 7) is 6.55. The average Bonchev–Trinajstić information content (AvgIpc) is 2.74. The molecule has 0 saturated carbocycles. The van der Waals surface area contributed by atoms with Crippen LogP contribution in [-0.2, 0) is 12.2 Å². The summed E-state index contributed by atoms with van der Waals surface area (Å²) in [5.74, 6) is 2.87. The van der Waals surface area contributed by atoms with E-state index in [1.807, 2.05) is 30.0 Å². The van der Waals surface area contributed by atoms with Gasteiger partial charge in [0.05, 0.1) is 6.54 Å². The Hall–Kier alpha value is -2.47. The van der Waals surface area contributed by atoms with Gasteiger partial charge in [0, 0.05) is 44.3 Å². The Balaban J connectivity index is 1.76. The standard InChI is InChI=1S/C24H34N4OS/c1-5-25-24(27-15-16-30-18-21-11-9-19(2)10-12-21)26-14-13-20-7-6-8-22(17-20)23(29)28(3)4/h6-12,17H,5,13-16,18H2,1-4H3,(H2,25,26,27). The van der Waals surface area contributed by atoms with E-state index in [1.165, 1.54) is 11.1 Å². The van der Waals surface area contributed by atoms with Crippen molar-refractivity contribution in [1.29, 1.82) is 0 Å². The molecule has 0 atom stereocenters. The number of rotatable bonds is 10. The van der Waals surface area contributed by atoms with Crippen molar-refractivity contribution >= 4 is 23.6 Å². The van der Waals surface area contributed by atoms with E-state index in [9.17, 15) is 4.79 Å². The first kappa shape index (κ1) is 23.8. The third kappa shape index (κ3) is 8.49. The maximum Gasteiger partial charge on any atom is 0.253 e. The molecule has 0 aliphatic heterocycles. The van der Waals surface area contributed by atoms with E-state index >= 15 is 0 Å². The van der Waals surface area contributed by atoms with Crippen LogP contribution in [0.5, 0.6) is 0 Å². The van der Waals surface area contributed by atoms with Crippen LogP contribution in [0.1, 0.15) is 34.0 Å². The van der Waals surface area contributed by atoms with E-state index in [0.29, 0.717) is 0 Å². The molecule has 0 saturated heterocycles. The molecule has 2 N–H and O–H groups in total. The Labute approximate surface area is 185 Å². The molecule has 0 unspecified atom stereocenters. The lowest BCUT2D eigenvalue weighted by Crippen LogP contribution is -2.38. The van der Waals surface area contributed by atoms with Crippen LogP contribution in [0.4, 0.5) is 0 Å². The van der Waals surface area contributed by atoms with E-state index in [4.69, 9.17) is 0 Å². The summed E-state index contributed by atoms with van der Waals surface area (Å²) >= 11 is 1.90. The van der Waals surface area contributed by atoms with E-state index in [-0.39, 0.29) is 5.91 Å². The normalized spacial score (nSPS) is 11.3. The van der Waals surface area contributed by atoms with Crippen LogP contribution in [0.15, 0.2) is 53.5 Å². The van der Waals surface area contributed by atoms with Crippen molar-refractivity contribution in [2.45, 2.75) is 26.0 Å². The minimum absolute atomic E-state index is 0.0304. The fourth-order valence-electron chi connectivity index (χ4n) is 2.88. The van der Waals surface area contributed by atoms with Gasteiger partial charge in [-0.1, -0.05) is 42.0 Å². The number of carbonyl (C=O) groups excluding carboxylic acids is 1. The van der Waals surface area contributed by atoms with Gasteiger partial charge in [0.15, 0.2) is 5.96 Å². The first-order chi connectivity index (χ1) is 14.5. The topological polar surface area (TPSA) is 56.7 Å². The SMILES string of the molecule is CCNC(=NCCSCc1ccc(C)cc1)NCCc1cccc(C(=O)N(C)C)c1. The summed E-state index contributed by atoms with van der Waals surface area (Å²) in [7, 11) is 3.55. The molecule has 6 heteroatoms. The number of amides is 1. The predicted molar refractivity (Wildman–Crippen MR) is 129 cm³/mol. The quantitative estimate of drug-likeness (QED) is 0.345. The lowest BCUT2D eigenvalue weighted by Gasteiger charge is -2.13. The van der Waals surface area contributed by atoms with Crippen LogP contribution in [0.25, 0.3) is 0 Å². The second-order valence-electron chi connectivity index (χ2n) is 7.38. The number of carbonyl (C=O) groups is 1. The van der Waals surface area contributed by atoms with Crippen molar-refractivity contribution in [2.24, 2.45) is 4.99 Å². The molecule has 30 heavy (non-hydrogen) atoms. The maximum absolute atomic E-state index is 12.1. The number of hydrogen-bond donors (Lipinski definition) is 2. The highest BCUT2D eigenvalue weighted by atomic mass is 32.2. The molecule has 2 aromatic rings. The fraction of sp³-hybridized carbons (Fsp3) is 0.417. The van der Waals surface area contributed by atoms with Crippen LogP contribution in [-0.4, -0.2) is 56.2 Å². The van der Waals surface area contributed by atoms with Gasteiger partial charge < -0.3 is 15.5 Å². The number of nitrogens with one attached hydrogen (secondary N) is 2. The van der Waals surface area contributed by atoms with Crippen LogP contribution < -0.4 is 10.6 Å². The highest BCUT2D eigenvalue weighted by Gasteiger charge is 2.08. The van der Waals surface area contributed by atoms with Crippen molar-refractivity contribution in [2.75, 3.05) is 39.5 Å². The molecule has 0 aromatic heterocycles. The highest BCUT2D eigenvalue weighted by molar-refractivity contribution is 7.98. The smallest absolute Gasteiger partial charge is 0.253 e. The maximum atomic E-state index is 12.1. The molecule has 0 radical (unpaired) electrons. The third-order valence-electron chi connectivity index (χ3n) is 4.53. The Bertz CT molecular complexity index is 818. The summed E-state index contributed by atoms with van der Waals surface area (Å²) in [5.41, 5.74) is 4.52. The number of aryl methyl sites for hydroxylation is 1. The van der Waals surface area contributed by atoms with Crippen LogP contribution in [0, 0.1) is 6.92 Å². The summed E-state index contributed by atoms with van der Waals surface area (Å²) in [6.07, 6.45) is 0.834. The summed E-state index contributed by atoms with van der Waals surface area (Å²) in [4.78, 5) is 18.4. The number of aliphatic imine (C=N–C) groups is 1. The van der Waals surface area contributed by atoms with Gasteiger partial charge in [0.2, 0.25) is 0 Å². The van der Waals surface area contributed by atoms with E-state index in [2.05, 4.69) is 59.8 Å². The minimum atomic E-state index is 0.0304. The number of thioether (sulfide) groups is 1. The van der Waals surface area contributed by atoms with E-state index in [1.54, 1.807) is 19.0 Å². The van der Waals surface area contributed by atoms with Crippen LogP contribution in [0.2, 0.25) is 0 Å². The average molecular weight is 427 g/mol. The van der Waals surface area contributed by atoms with Gasteiger partial charge in [-0.2, -0.15) is 11.8 Å². The van der Waals surface area contributed by atoms with Gasteiger partial charge in [-0.25, -0.2) is 0 Å². The van der Waals surface area contributed by atoms with Crippen molar-refractivity contribution in [3.05, 3.63) is 70.8 Å². The number of hydrogen-bond acceptors (Lipinski definition) is 3. The Kier molecular flexibility index (Phi) is 10.3. The molecule has 2 rings (SSSR count). The molecule has 0 aliphatic carbocycles. The van der Waals surface area contributed by atoms with Crippen molar-refractivity contribution in [3.8, 4) is 0 Å². The zero-order chi connectivity index (χ0) is 21.8. The molecular formula is C24H34N4OS. The monoisotopic (exact) mass is 426 g/mol. The van der Waals surface area contributed by atoms with Crippen LogP contribution in [0.3, 0.4) is 0 Å². The van der Waals surface area contributed by atoms with Crippen molar-refractivity contribution in [1.82, 2.24) is 15.5 Å². The first-order valence-electron chi connectivity index (χ1n) is 10.5. The second-order valence-corrected chi connectivity index (χ2v) is 8.48. The largest absolute Gasteiger partial charge is 0.357 e. The van der Waals surface area contributed by atoms with Gasteiger partial charge in [0.25, 0.3) is 5.91 Å². The fourth-order valence-corrected chi connectivity index (χ4v) is 3.67. The van der Waals surface area contributed by atoms with Crippen molar-refractivity contribution < 1.29 is 4.79 Å². The molecule has 0 bridgehead atoms. The molecular weight excluding hydrogens is 392 g/mol. The molecule has 0 fully saturated rings. The third-order valence-corrected chi connectivity index (χ3v) is 5.53. The number of guanidine groups is 1. The van der Waals surface area contributed by atoms with E-state index < -0.39 is 0 Å². The summed E-state index contributed by atoms with van der Waals surface area (Å²) < 4.78 is 0. The van der Waals surface area contributed by atoms with Gasteiger partial charge in [0.1, 0.15) is 0 Å². The van der Waals surface area contributed by atoms with Gasteiger partial charge in [-0.3, -0.25) is 9.79 Å². The predicted octanol–water partition coefficient (Wildman–Crippen LogP) is 3.73. The lowest BCUT2D eigenvalue weighted by molar-refractivity contribution is 0.0827. The minimum Gasteiger partial charge on any atom is -0.357 e. The molecule has 0 spiro atoms. The second kappa shape index (κ2) is 13.0. The van der Waals surface area contributed by atoms with Gasteiger partial charge in [-0.05, 0) is 43.5 Å². The van der Waals surface area contributed by atoms with Gasteiger partial charge >= 0.3 is 0 Å². The lowest BCUT2D eigenvalue weighted by atomic mass is 10.1. The number of benzene rings is 2. The molecule has 1 amide bonds. The number of nitrogens with zero attached hydrogens (tertiary/aromatic N) is 2. The molecule has 2 aromatic carbocycles. The first-order valence-corrected chi connectivity index (χ1v) is 11.6. The zero-order valence-electron chi connectivity index (χ0n) is 18.6. The molecule has 0 aliphatic rings. The van der Waals surface area contributed by atoms with Crippen LogP contribution >= 0.6 is 11.8 Å². The zero-order valence-corrected chi connectivity index (χ0v) is 19.4. The summed E-state index contributed by atoms with van der Waals surface area (Å²) in [6, 6.07) is 16.5. The van der Waals surface area contributed by atoms with Crippen molar-refractivity contribution in [3.63, 3.8) is 0 Å². The molecule has 0 heterocycles. The molecule has 5 nitrogen and oxygen atoms in total. The Morgan fingerprint density at radius 1 is 1.07 bits per heavy atom. The molecule has 162 valence electrons. The van der Waals surface area contributed by atoms with E-state index in [0.717, 1.165) is 54.6 Å². The van der Waals surface area contributed by atoms with Gasteiger partial charge in [-0.15, -0.1) is 0 Å². The highest BCUT2D eigenvalue weighted by Crippen LogP contribution is 2.12. The Morgan fingerprint density at radius 3 is 2.53 bits per heavy atom. The Morgan fingerprint density at radius 2 is 1.83 bits per heavy atom. The summed E-state index contributed by atoms with van der Waals surface area (Å²) in [5, 5.41) is 6.69.